The van der Waals surface area contributed by atoms with Crippen molar-refractivity contribution in [2.24, 2.45) is 0 Å². The van der Waals surface area contributed by atoms with Gasteiger partial charge in [0.15, 0.2) is 29.2 Å². The number of rotatable bonds is 8. The number of nitrogen functional groups attached to an aromatic ring is 1. The molecule has 0 amide bonds. The van der Waals surface area contributed by atoms with Crippen molar-refractivity contribution in [3.8, 4) is 0 Å². The highest BCUT2D eigenvalue weighted by atomic mass is 31.3. The number of alkyl halides is 1. The zero-order valence-corrected chi connectivity index (χ0v) is 19.3. The summed E-state index contributed by atoms with van der Waals surface area (Å²) in [6, 6.07) is 0. The van der Waals surface area contributed by atoms with E-state index in [1.807, 2.05) is 0 Å². The molecule has 0 bridgehead atoms. The number of phosphoric acid groups is 3. The summed E-state index contributed by atoms with van der Waals surface area (Å²) in [5, 5.41) is 10.9. The number of hydrogen-bond acceptors (Lipinski definition) is 12. The SMILES string of the molecule is CCC12O[C@@H](n3cnc4c(=O)[nH]c(N)nc43)[C@H](F)[C@@]1(O)C2OP(=O)(O)OP(=O)(O)OP(=O)(O)O. The Morgan fingerprint density at radius 3 is 2.47 bits per heavy atom. The van der Waals surface area contributed by atoms with Gasteiger partial charge >= 0.3 is 23.5 Å². The molecule has 2 aliphatic rings. The molecule has 0 radical (unpaired) electrons. The van der Waals surface area contributed by atoms with Crippen LogP contribution in [0.5, 0.6) is 0 Å². The van der Waals surface area contributed by atoms with Gasteiger partial charge in [-0.25, -0.2) is 23.1 Å². The van der Waals surface area contributed by atoms with Crippen molar-refractivity contribution in [1.29, 1.82) is 0 Å². The fraction of sp³-hybridized carbons (Fsp3) is 0.583. The number of nitrogens with two attached hydrogens (primary N) is 1. The van der Waals surface area contributed by atoms with Crippen molar-refractivity contribution >= 4 is 40.6 Å². The number of nitrogens with one attached hydrogen (secondary N) is 1. The lowest BCUT2D eigenvalue weighted by molar-refractivity contribution is -0.0889. The number of aromatic nitrogens is 4. The Morgan fingerprint density at radius 1 is 1.26 bits per heavy atom. The molecule has 2 aromatic rings. The van der Waals surface area contributed by atoms with Crippen LogP contribution in [0.25, 0.3) is 11.2 Å². The molecule has 22 heteroatoms. The minimum atomic E-state index is -5.83. The van der Waals surface area contributed by atoms with Crippen LogP contribution in [0.1, 0.15) is 19.6 Å². The number of phosphoric ester groups is 1. The number of anilines is 1. The Labute approximate surface area is 186 Å². The highest BCUT2D eigenvalue weighted by Crippen LogP contribution is 2.73. The van der Waals surface area contributed by atoms with Gasteiger partial charge in [0.1, 0.15) is 11.7 Å². The smallest absolute Gasteiger partial charge is 0.381 e. The van der Waals surface area contributed by atoms with E-state index in [2.05, 4.69) is 28.1 Å². The highest BCUT2D eigenvalue weighted by Gasteiger charge is 2.89. The van der Waals surface area contributed by atoms with Crippen LogP contribution >= 0.6 is 23.5 Å². The minimum absolute atomic E-state index is 0.186. The summed E-state index contributed by atoms with van der Waals surface area (Å²) in [6.45, 7) is 1.40. The van der Waals surface area contributed by atoms with Gasteiger partial charge in [0, 0.05) is 0 Å². The number of nitrogens with zero attached hydrogens (tertiary/aromatic N) is 3. The number of H-pyrrole nitrogens is 1. The molecule has 0 spiro atoms. The number of fused-ring (bicyclic) bond motifs is 2. The lowest BCUT2D eigenvalue weighted by Gasteiger charge is -2.24. The lowest BCUT2D eigenvalue weighted by Crippen LogP contribution is -2.34. The maximum atomic E-state index is 15.4. The number of aliphatic hydroxyl groups is 1. The van der Waals surface area contributed by atoms with Crippen LogP contribution in [0.15, 0.2) is 11.1 Å². The molecule has 0 aromatic carbocycles. The summed E-state index contributed by atoms with van der Waals surface area (Å²) in [7, 11) is -17.1. The summed E-state index contributed by atoms with van der Waals surface area (Å²) in [5.74, 6) is -0.313. The largest absolute Gasteiger partial charge is 0.490 e. The predicted octanol–water partition coefficient (Wildman–Crippen LogP) is -0.826. The summed E-state index contributed by atoms with van der Waals surface area (Å²) in [4.78, 5) is 57.9. The molecule has 190 valence electrons. The Kier molecular flexibility index (Phi) is 5.78. The maximum absolute atomic E-state index is 15.4. The Bertz CT molecular complexity index is 1360. The van der Waals surface area contributed by atoms with Crippen molar-refractivity contribution in [2.45, 2.75) is 43.1 Å². The molecule has 7 atom stereocenters. The van der Waals surface area contributed by atoms with Crippen LogP contribution in [-0.4, -0.2) is 67.7 Å². The molecule has 1 aliphatic heterocycles. The van der Waals surface area contributed by atoms with Crippen molar-refractivity contribution in [3.05, 3.63) is 16.7 Å². The van der Waals surface area contributed by atoms with Crippen LogP contribution in [-0.2, 0) is 31.6 Å². The Hall–Kier alpha value is -1.59. The molecule has 1 aliphatic carbocycles. The van der Waals surface area contributed by atoms with Crippen LogP contribution in [0.3, 0.4) is 0 Å². The molecular formula is C12H17FN5O13P3. The van der Waals surface area contributed by atoms with E-state index in [0.29, 0.717) is 0 Å². The van der Waals surface area contributed by atoms with E-state index >= 15 is 4.39 Å². The van der Waals surface area contributed by atoms with Crippen molar-refractivity contribution in [3.63, 3.8) is 0 Å². The monoisotopic (exact) mass is 551 g/mol. The molecule has 3 heterocycles. The minimum Gasteiger partial charge on any atom is -0.381 e. The van der Waals surface area contributed by atoms with E-state index in [4.69, 9.17) is 20.3 Å². The molecule has 1 saturated heterocycles. The standard InChI is InChI=1S/C12H17FN5O13P3/c1-2-11-9(29-33(24,25)31-34(26,27)30-32(21,22)23)12(11,20)5(13)8(28-11)18-3-15-4-6(18)16-10(14)17-7(4)19/h3,5,8-9,20H,2H2,1H3,(H,24,25)(H,26,27)(H2,21,22,23)(H3,14,16,17,19)/t5-,8+,9?,11?,12+/m0/s1. The van der Waals surface area contributed by atoms with Gasteiger partial charge in [-0.05, 0) is 6.42 Å². The van der Waals surface area contributed by atoms with Gasteiger partial charge in [-0.15, -0.1) is 0 Å². The number of imidazole rings is 1. The van der Waals surface area contributed by atoms with E-state index in [-0.39, 0.29) is 23.5 Å². The fourth-order valence-corrected chi connectivity index (χ4v) is 7.24. The normalized spacial score (nSPS) is 34.5. The van der Waals surface area contributed by atoms with E-state index in [0.717, 1.165) is 10.9 Å². The summed E-state index contributed by atoms with van der Waals surface area (Å²) in [5.41, 5.74) is -0.211. The molecular weight excluding hydrogens is 534 g/mol. The van der Waals surface area contributed by atoms with E-state index < -0.39 is 58.7 Å². The first-order valence-corrected chi connectivity index (χ1v) is 13.6. The number of ether oxygens (including phenoxy) is 1. The average Bonchev–Trinajstić information content (AvgIpc) is 2.92. The average molecular weight is 551 g/mol. The van der Waals surface area contributed by atoms with Gasteiger partial charge in [0.25, 0.3) is 5.56 Å². The van der Waals surface area contributed by atoms with Gasteiger partial charge in [0.2, 0.25) is 5.95 Å². The molecule has 8 N–H and O–H groups in total. The third-order valence-corrected chi connectivity index (χ3v) is 9.13. The second kappa shape index (κ2) is 7.70. The first kappa shape index (κ1) is 25.5. The number of halogens is 1. The van der Waals surface area contributed by atoms with Crippen LogP contribution in [0.2, 0.25) is 0 Å². The Morgan fingerprint density at radius 2 is 1.91 bits per heavy atom. The Balaban J connectivity index is 1.59. The zero-order valence-electron chi connectivity index (χ0n) is 16.7. The van der Waals surface area contributed by atoms with Crippen LogP contribution in [0.4, 0.5) is 10.3 Å². The second-order valence-electron chi connectivity index (χ2n) is 7.33. The molecule has 18 nitrogen and oxygen atoms in total. The van der Waals surface area contributed by atoms with E-state index in [9.17, 15) is 33.4 Å². The molecule has 34 heavy (non-hydrogen) atoms. The van der Waals surface area contributed by atoms with E-state index in [1.54, 1.807) is 0 Å². The first-order chi connectivity index (χ1) is 15.5. The first-order valence-electron chi connectivity index (χ1n) is 9.05. The molecule has 1 saturated carbocycles. The van der Waals surface area contributed by atoms with Gasteiger partial charge in [-0.3, -0.25) is 18.9 Å². The van der Waals surface area contributed by atoms with Crippen LogP contribution in [0, 0.1) is 0 Å². The molecule has 4 rings (SSSR count). The maximum Gasteiger partial charge on any atom is 0.490 e. The number of aromatic amines is 1. The third kappa shape index (κ3) is 3.97. The van der Waals surface area contributed by atoms with Gasteiger partial charge in [-0.2, -0.15) is 13.6 Å². The van der Waals surface area contributed by atoms with Gasteiger partial charge < -0.3 is 35.2 Å². The third-order valence-electron chi connectivity index (χ3n) is 5.32. The van der Waals surface area contributed by atoms with Crippen molar-refractivity contribution < 1.29 is 60.6 Å². The zero-order chi connectivity index (χ0) is 25.5. The lowest BCUT2D eigenvalue weighted by atomic mass is 10.1. The van der Waals surface area contributed by atoms with Crippen LogP contribution < -0.4 is 11.3 Å². The number of hydrogen-bond donors (Lipinski definition) is 7. The fourth-order valence-electron chi connectivity index (χ4n) is 3.98. The van der Waals surface area contributed by atoms with Crippen molar-refractivity contribution in [1.82, 2.24) is 19.5 Å². The quantitative estimate of drug-likeness (QED) is 0.197. The van der Waals surface area contributed by atoms with E-state index in [1.165, 1.54) is 6.92 Å². The molecule has 2 fully saturated rings. The topological polar surface area (TPSA) is 279 Å². The molecule has 4 unspecified atom stereocenters. The second-order valence-corrected chi connectivity index (χ2v) is 11.7. The summed E-state index contributed by atoms with van der Waals surface area (Å²) >= 11 is 0. The summed E-state index contributed by atoms with van der Waals surface area (Å²) < 4.78 is 68.2. The summed E-state index contributed by atoms with van der Waals surface area (Å²) in [6.07, 6.45) is -5.19. The predicted molar refractivity (Wildman–Crippen MR) is 104 cm³/mol. The van der Waals surface area contributed by atoms with Crippen molar-refractivity contribution in [2.75, 3.05) is 5.73 Å². The highest BCUT2D eigenvalue weighted by molar-refractivity contribution is 7.66. The molecule has 2 aromatic heterocycles. The van der Waals surface area contributed by atoms with Gasteiger partial charge in [0.05, 0.1) is 6.33 Å². The van der Waals surface area contributed by atoms with Gasteiger partial charge in [-0.1, -0.05) is 6.92 Å².